The fraction of sp³-hybridized carbons (Fsp3) is 0.333. The summed E-state index contributed by atoms with van der Waals surface area (Å²) in [6.45, 7) is 5.31. The van der Waals surface area contributed by atoms with Crippen molar-refractivity contribution in [3.8, 4) is 0 Å². The van der Waals surface area contributed by atoms with Gasteiger partial charge in [-0.15, -0.1) is 6.58 Å². The third-order valence-corrected chi connectivity index (χ3v) is 5.68. The molecule has 2 amide bonds. The highest BCUT2D eigenvalue weighted by Gasteiger charge is 2.43. The number of hydrogen-bond donors (Lipinski definition) is 1. The van der Waals surface area contributed by atoms with Gasteiger partial charge in [-0.25, -0.2) is 0 Å². The summed E-state index contributed by atoms with van der Waals surface area (Å²) in [5.41, 5.74) is 1.65. The van der Waals surface area contributed by atoms with Gasteiger partial charge >= 0.3 is 0 Å². The summed E-state index contributed by atoms with van der Waals surface area (Å²) in [5.74, 6) is -0.552. The predicted octanol–water partition coefficient (Wildman–Crippen LogP) is 1.99. The number of nitro groups is 1. The summed E-state index contributed by atoms with van der Waals surface area (Å²) in [6.07, 6.45) is 3.42. The zero-order chi connectivity index (χ0) is 21.3. The Bertz CT molecular complexity index is 987. The van der Waals surface area contributed by atoms with Crippen LogP contribution in [0.5, 0.6) is 0 Å². The van der Waals surface area contributed by atoms with Crippen LogP contribution in [0.1, 0.15) is 16.1 Å². The monoisotopic (exact) mass is 410 g/mol. The largest absolute Gasteiger partial charge is 0.459 e. The van der Waals surface area contributed by atoms with Crippen molar-refractivity contribution in [2.24, 2.45) is 5.92 Å². The van der Waals surface area contributed by atoms with Gasteiger partial charge in [0, 0.05) is 44.0 Å². The Hall–Kier alpha value is -3.62. The summed E-state index contributed by atoms with van der Waals surface area (Å²) < 4.78 is 5.24. The van der Waals surface area contributed by atoms with Crippen molar-refractivity contribution in [2.45, 2.75) is 12.5 Å². The highest BCUT2D eigenvalue weighted by atomic mass is 16.6. The maximum absolute atomic E-state index is 12.9. The van der Waals surface area contributed by atoms with Crippen LogP contribution in [0.4, 0.5) is 11.4 Å². The van der Waals surface area contributed by atoms with Gasteiger partial charge in [-0.05, 0) is 30.2 Å². The zero-order valence-electron chi connectivity index (χ0n) is 16.3. The lowest BCUT2D eigenvalue weighted by Crippen LogP contribution is -2.62. The molecule has 0 saturated carbocycles. The Labute approximate surface area is 173 Å². The van der Waals surface area contributed by atoms with Gasteiger partial charge in [0.1, 0.15) is 0 Å². The fourth-order valence-electron chi connectivity index (χ4n) is 4.27. The van der Waals surface area contributed by atoms with Crippen molar-refractivity contribution in [3.05, 3.63) is 70.7 Å². The average molecular weight is 410 g/mol. The second-order valence-corrected chi connectivity index (χ2v) is 7.40. The van der Waals surface area contributed by atoms with Crippen LogP contribution in [0.2, 0.25) is 0 Å². The van der Waals surface area contributed by atoms with Gasteiger partial charge in [0.2, 0.25) is 5.91 Å². The molecule has 1 saturated heterocycles. The number of furan rings is 1. The first-order valence-corrected chi connectivity index (χ1v) is 9.75. The molecule has 30 heavy (non-hydrogen) atoms. The average Bonchev–Trinajstić information content (AvgIpc) is 3.30. The predicted molar refractivity (Wildman–Crippen MR) is 109 cm³/mol. The van der Waals surface area contributed by atoms with Gasteiger partial charge in [-0.1, -0.05) is 6.08 Å². The van der Waals surface area contributed by atoms with Gasteiger partial charge in [-0.2, -0.15) is 0 Å². The number of carbonyl (C=O) groups excluding carboxylic acids is 2. The smallest absolute Gasteiger partial charge is 0.289 e. The van der Waals surface area contributed by atoms with Crippen LogP contribution in [0.25, 0.3) is 0 Å². The molecule has 4 rings (SSSR count). The number of nitrogens with zero attached hydrogens (tertiary/aromatic N) is 3. The lowest BCUT2D eigenvalue weighted by molar-refractivity contribution is -0.384. The Balaban J connectivity index is 1.65. The molecule has 0 bridgehead atoms. The van der Waals surface area contributed by atoms with Crippen LogP contribution in [-0.4, -0.2) is 53.9 Å². The molecule has 1 fully saturated rings. The van der Waals surface area contributed by atoms with Gasteiger partial charge < -0.3 is 19.5 Å². The summed E-state index contributed by atoms with van der Waals surface area (Å²) in [7, 11) is 0. The highest BCUT2D eigenvalue weighted by molar-refractivity contribution is 5.92. The Morgan fingerprint density at radius 1 is 1.33 bits per heavy atom. The lowest BCUT2D eigenvalue weighted by Gasteiger charge is -2.48. The lowest BCUT2D eigenvalue weighted by atomic mass is 9.83. The SMILES string of the molecule is C=CCNC(=O)[C@H]1Cc2cc([N+](=O)[O-])ccc2N2CCN(C(=O)c3ccco3)C[C@H]12. The van der Waals surface area contributed by atoms with Crippen LogP contribution in [0.15, 0.2) is 53.7 Å². The van der Waals surface area contributed by atoms with Gasteiger partial charge in [0.05, 0.1) is 23.1 Å². The molecule has 156 valence electrons. The number of nitrogens with one attached hydrogen (secondary N) is 1. The molecule has 3 heterocycles. The van der Waals surface area contributed by atoms with E-state index in [4.69, 9.17) is 4.42 Å². The van der Waals surface area contributed by atoms with E-state index >= 15 is 0 Å². The van der Waals surface area contributed by atoms with Crippen molar-refractivity contribution in [3.63, 3.8) is 0 Å². The molecule has 0 radical (unpaired) electrons. The first kappa shape index (κ1) is 19.7. The van der Waals surface area contributed by atoms with E-state index in [0.717, 1.165) is 11.3 Å². The standard InChI is InChI=1S/C21H22N4O5/c1-2-7-22-20(26)16-12-14-11-15(25(28)29)5-6-17(14)24-9-8-23(13-18(16)24)21(27)19-4-3-10-30-19/h2-6,10-11,16,18H,1,7-9,12-13H2,(H,22,26)/t16-,18+/m0/s1. The molecule has 1 aromatic carbocycles. The number of amides is 2. The van der Waals surface area contributed by atoms with Gasteiger partial charge in [0.15, 0.2) is 5.76 Å². The molecule has 2 aliphatic heterocycles. The normalized spacial score (nSPS) is 20.1. The van der Waals surface area contributed by atoms with E-state index in [1.54, 1.807) is 35.2 Å². The van der Waals surface area contributed by atoms with E-state index in [9.17, 15) is 19.7 Å². The summed E-state index contributed by atoms with van der Waals surface area (Å²) in [5, 5.41) is 14.0. The minimum absolute atomic E-state index is 0.00378. The number of hydrogen-bond acceptors (Lipinski definition) is 6. The quantitative estimate of drug-likeness (QED) is 0.459. The molecule has 1 N–H and O–H groups in total. The van der Waals surface area contributed by atoms with Crippen LogP contribution in [-0.2, 0) is 11.2 Å². The second kappa shape index (κ2) is 8.02. The number of benzene rings is 1. The van der Waals surface area contributed by atoms with E-state index in [1.165, 1.54) is 12.3 Å². The van der Waals surface area contributed by atoms with Crippen molar-refractivity contribution in [1.82, 2.24) is 10.2 Å². The van der Waals surface area contributed by atoms with Gasteiger partial charge in [0.25, 0.3) is 11.6 Å². The van der Waals surface area contributed by atoms with E-state index in [2.05, 4.69) is 16.8 Å². The number of anilines is 1. The van der Waals surface area contributed by atoms with Crippen molar-refractivity contribution in [2.75, 3.05) is 31.1 Å². The molecule has 2 atom stereocenters. The van der Waals surface area contributed by atoms with Crippen LogP contribution in [0, 0.1) is 16.0 Å². The molecule has 1 aromatic heterocycles. The maximum Gasteiger partial charge on any atom is 0.289 e. The molecule has 2 aromatic rings. The number of rotatable bonds is 5. The van der Waals surface area contributed by atoms with Gasteiger partial charge in [-0.3, -0.25) is 19.7 Å². The Kier molecular flexibility index (Phi) is 5.26. The highest BCUT2D eigenvalue weighted by Crippen LogP contribution is 2.38. The van der Waals surface area contributed by atoms with E-state index in [-0.39, 0.29) is 29.3 Å². The minimum Gasteiger partial charge on any atom is -0.459 e. The molecule has 0 spiro atoms. The molecule has 0 unspecified atom stereocenters. The summed E-state index contributed by atoms with van der Waals surface area (Å²) in [6, 6.07) is 7.81. The van der Waals surface area contributed by atoms with Crippen LogP contribution in [0.3, 0.4) is 0 Å². The minimum atomic E-state index is -0.452. The number of carbonyl (C=O) groups is 2. The molecular weight excluding hydrogens is 388 g/mol. The molecule has 9 nitrogen and oxygen atoms in total. The number of fused-ring (bicyclic) bond motifs is 3. The van der Waals surface area contributed by atoms with Crippen molar-refractivity contribution in [1.29, 1.82) is 0 Å². The van der Waals surface area contributed by atoms with E-state index in [0.29, 0.717) is 32.6 Å². The molecular formula is C21H22N4O5. The Morgan fingerprint density at radius 2 is 2.17 bits per heavy atom. The maximum atomic E-state index is 12.9. The summed E-state index contributed by atoms with van der Waals surface area (Å²) >= 11 is 0. The zero-order valence-corrected chi connectivity index (χ0v) is 16.3. The first-order valence-electron chi connectivity index (χ1n) is 9.75. The third kappa shape index (κ3) is 3.54. The van der Waals surface area contributed by atoms with Crippen LogP contribution >= 0.6 is 0 Å². The first-order chi connectivity index (χ1) is 14.5. The number of non-ortho nitro benzene ring substituents is 1. The topological polar surface area (TPSA) is 109 Å². The van der Waals surface area contributed by atoms with Crippen LogP contribution < -0.4 is 10.2 Å². The molecule has 2 aliphatic rings. The second-order valence-electron chi connectivity index (χ2n) is 7.40. The fourth-order valence-corrected chi connectivity index (χ4v) is 4.27. The molecule has 0 aliphatic carbocycles. The number of nitro benzene ring substituents is 1. The van der Waals surface area contributed by atoms with E-state index < -0.39 is 10.8 Å². The molecule has 9 heteroatoms. The summed E-state index contributed by atoms with van der Waals surface area (Å²) in [4.78, 5) is 40.2. The van der Waals surface area contributed by atoms with E-state index in [1.807, 2.05) is 0 Å². The Morgan fingerprint density at radius 3 is 2.87 bits per heavy atom. The third-order valence-electron chi connectivity index (χ3n) is 5.68. The van der Waals surface area contributed by atoms with Crippen molar-refractivity contribution >= 4 is 23.2 Å². The number of piperazine rings is 1. The van der Waals surface area contributed by atoms with Crippen molar-refractivity contribution < 1.29 is 18.9 Å².